The first-order chi connectivity index (χ1) is 9.69. The monoisotopic (exact) mass is 308 g/mol. The van der Waals surface area contributed by atoms with Gasteiger partial charge in [-0.3, -0.25) is 0 Å². The molecule has 0 radical (unpaired) electrons. The average Bonchev–Trinajstić information content (AvgIpc) is 2.79. The Kier molecular flexibility index (Phi) is 3.64. The summed E-state index contributed by atoms with van der Waals surface area (Å²) in [5.74, 6) is 0.673. The standard InChI is InChI=1S/C15H11Cl2FN2/c16-8-15-19-13-6-5-11(18)7-14(13)20(15)9-10-3-1-2-4-12(10)17/h1-7H,8-9H2. The minimum atomic E-state index is -0.293. The lowest BCUT2D eigenvalue weighted by molar-refractivity contribution is 0.628. The first-order valence-corrected chi connectivity index (χ1v) is 7.04. The van der Waals surface area contributed by atoms with Crippen LogP contribution in [0.2, 0.25) is 5.02 Å². The third kappa shape index (κ3) is 2.39. The Morgan fingerprint density at radius 3 is 2.70 bits per heavy atom. The zero-order chi connectivity index (χ0) is 14.1. The summed E-state index contributed by atoms with van der Waals surface area (Å²) >= 11 is 12.1. The molecule has 2 aromatic carbocycles. The average molecular weight is 309 g/mol. The summed E-state index contributed by atoms with van der Waals surface area (Å²) in [5, 5.41) is 0.672. The van der Waals surface area contributed by atoms with Crippen LogP contribution in [0.4, 0.5) is 4.39 Å². The topological polar surface area (TPSA) is 17.8 Å². The van der Waals surface area contributed by atoms with Gasteiger partial charge in [0, 0.05) is 5.02 Å². The second-order valence-corrected chi connectivity index (χ2v) is 5.15. The molecular formula is C15H11Cl2FN2. The molecule has 0 aliphatic carbocycles. The predicted octanol–water partition coefficient (Wildman–Crippen LogP) is 4.62. The van der Waals surface area contributed by atoms with Crippen LogP contribution in [-0.2, 0) is 12.4 Å². The van der Waals surface area contributed by atoms with Gasteiger partial charge < -0.3 is 4.57 Å². The molecule has 0 fully saturated rings. The van der Waals surface area contributed by atoms with Crippen LogP contribution < -0.4 is 0 Å². The van der Waals surface area contributed by atoms with Crippen LogP contribution in [0.5, 0.6) is 0 Å². The zero-order valence-electron chi connectivity index (χ0n) is 10.5. The van der Waals surface area contributed by atoms with Crippen molar-refractivity contribution < 1.29 is 4.39 Å². The number of hydrogen-bond acceptors (Lipinski definition) is 1. The fourth-order valence-electron chi connectivity index (χ4n) is 2.22. The number of benzene rings is 2. The Hall–Kier alpha value is -1.58. The maximum absolute atomic E-state index is 13.4. The molecule has 0 spiro atoms. The van der Waals surface area contributed by atoms with Crippen molar-refractivity contribution in [1.29, 1.82) is 0 Å². The van der Waals surface area contributed by atoms with Gasteiger partial charge in [0.1, 0.15) is 11.6 Å². The normalized spacial score (nSPS) is 11.2. The van der Waals surface area contributed by atoms with E-state index in [-0.39, 0.29) is 11.7 Å². The SMILES string of the molecule is Fc1ccc2nc(CCl)n(Cc3ccccc3Cl)c2c1. The van der Waals surface area contributed by atoms with Gasteiger partial charge in [-0.1, -0.05) is 29.8 Å². The molecular weight excluding hydrogens is 298 g/mol. The number of aromatic nitrogens is 2. The van der Waals surface area contributed by atoms with Crippen molar-refractivity contribution in [2.24, 2.45) is 0 Å². The van der Waals surface area contributed by atoms with Gasteiger partial charge in [0.05, 0.1) is 23.5 Å². The van der Waals surface area contributed by atoms with E-state index in [0.717, 1.165) is 16.6 Å². The lowest BCUT2D eigenvalue weighted by Gasteiger charge is -2.09. The fourth-order valence-corrected chi connectivity index (χ4v) is 2.62. The number of nitrogens with zero attached hydrogens (tertiary/aromatic N) is 2. The van der Waals surface area contributed by atoms with Crippen LogP contribution in [0.25, 0.3) is 11.0 Å². The summed E-state index contributed by atoms with van der Waals surface area (Å²) in [5.41, 5.74) is 2.40. The molecule has 0 amide bonds. The Labute approximate surface area is 125 Å². The van der Waals surface area contributed by atoms with Crippen LogP contribution in [0, 0.1) is 5.82 Å². The van der Waals surface area contributed by atoms with Crippen LogP contribution >= 0.6 is 23.2 Å². The first kappa shape index (κ1) is 13.4. The van der Waals surface area contributed by atoms with E-state index in [4.69, 9.17) is 23.2 Å². The van der Waals surface area contributed by atoms with Crippen molar-refractivity contribution in [3.05, 3.63) is 64.7 Å². The maximum Gasteiger partial charge on any atom is 0.125 e. The summed E-state index contributed by atoms with van der Waals surface area (Å²) in [4.78, 5) is 4.42. The lowest BCUT2D eigenvalue weighted by atomic mass is 10.2. The highest BCUT2D eigenvalue weighted by atomic mass is 35.5. The molecule has 1 aromatic heterocycles. The Morgan fingerprint density at radius 1 is 1.15 bits per heavy atom. The molecule has 3 aromatic rings. The minimum Gasteiger partial charge on any atom is -0.322 e. The molecule has 5 heteroatoms. The summed E-state index contributed by atoms with van der Waals surface area (Å²) in [6.45, 7) is 0.516. The van der Waals surface area contributed by atoms with Gasteiger partial charge in [-0.15, -0.1) is 11.6 Å². The number of halogens is 3. The fraction of sp³-hybridized carbons (Fsp3) is 0.133. The van der Waals surface area contributed by atoms with Gasteiger partial charge in [-0.2, -0.15) is 0 Å². The summed E-state index contributed by atoms with van der Waals surface area (Å²) in [7, 11) is 0. The molecule has 0 bridgehead atoms. The zero-order valence-corrected chi connectivity index (χ0v) is 12.0. The number of fused-ring (bicyclic) bond motifs is 1. The molecule has 0 atom stereocenters. The summed E-state index contributed by atoms with van der Waals surface area (Å²) in [6, 6.07) is 12.1. The molecule has 20 heavy (non-hydrogen) atoms. The third-order valence-electron chi connectivity index (χ3n) is 3.20. The van der Waals surface area contributed by atoms with Gasteiger partial charge >= 0.3 is 0 Å². The van der Waals surface area contributed by atoms with E-state index in [9.17, 15) is 4.39 Å². The number of imidazole rings is 1. The first-order valence-electron chi connectivity index (χ1n) is 6.13. The molecule has 0 saturated heterocycles. The van der Waals surface area contributed by atoms with E-state index in [1.54, 1.807) is 6.07 Å². The molecule has 102 valence electrons. The smallest absolute Gasteiger partial charge is 0.125 e. The van der Waals surface area contributed by atoms with Crippen LogP contribution in [0.15, 0.2) is 42.5 Å². The van der Waals surface area contributed by atoms with Crippen molar-refractivity contribution in [2.75, 3.05) is 0 Å². The largest absolute Gasteiger partial charge is 0.322 e. The van der Waals surface area contributed by atoms with Gasteiger partial charge in [-0.05, 0) is 29.8 Å². The highest BCUT2D eigenvalue weighted by Crippen LogP contribution is 2.23. The molecule has 0 saturated carbocycles. The Bertz CT molecular complexity index is 768. The van der Waals surface area contributed by atoms with E-state index in [0.29, 0.717) is 17.4 Å². The second-order valence-electron chi connectivity index (χ2n) is 4.47. The van der Waals surface area contributed by atoms with Crippen molar-refractivity contribution in [3.8, 4) is 0 Å². The van der Waals surface area contributed by atoms with Crippen LogP contribution in [-0.4, -0.2) is 9.55 Å². The van der Waals surface area contributed by atoms with E-state index in [1.165, 1.54) is 12.1 Å². The molecule has 0 aliphatic heterocycles. The summed E-state index contributed by atoms with van der Waals surface area (Å²) in [6.07, 6.45) is 0. The van der Waals surface area contributed by atoms with E-state index in [2.05, 4.69) is 4.98 Å². The van der Waals surface area contributed by atoms with E-state index >= 15 is 0 Å². The molecule has 0 unspecified atom stereocenters. The van der Waals surface area contributed by atoms with E-state index in [1.807, 2.05) is 28.8 Å². The van der Waals surface area contributed by atoms with Crippen LogP contribution in [0.3, 0.4) is 0 Å². The maximum atomic E-state index is 13.4. The third-order valence-corrected chi connectivity index (χ3v) is 3.80. The van der Waals surface area contributed by atoms with Crippen LogP contribution in [0.1, 0.15) is 11.4 Å². The van der Waals surface area contributed by atoms with Crippen molar-refractivity contribution in [1.82, 2.24) is 9.55 Å². The van der Waals surface area contributed by atoms with Crippen molar-refractivity contribution >= 4 is 34.2 Å². The van der Waals surface area contributed by atoms with Gasteiger partial charge in [-0.25, -0.2) is 9.37 Å². The molecule has 1 heterocycles. The number of alkyl halides is 1. The van der Waals surface area contributed by atoms with Gasteiger partial charge in [0.25, 0.3) is 0 Å². The Morgan fingerprint density at radius 2 is 1.95 bits per heavy atom. The quantitative estimate of drug-likeness (QED) is 0.646. The predicted molar refractivity (Wildman–Crippen MR) is 79.8 cm³/mol. The molecule has 3 rings (SSSR count). The highest BCUT2D eigenvalue weighted by molar-refractivity contribution is 6.31. The summed E-state index contributed by atoms with van der Waals surface area (Å²) < 4.78 is 15.3. The lowest BCUT2D eigenvalue weighted by Crippen LogP contribution is -2.04. The second kappa shape index (κ2) is 5.43. The minimum absolute atomic E-state index is 0.265. The molecule has 2 nitrogen and oxygen atoms in total. The Balaban J connectivity index is 2.14. The number of hydrogen-bond donors (Lipinski definition) is 0. The van der Waals surface area contributed by atoms with E-state index < -0.39 is 0 Å². The molecule has 0 N–H and O–H groups in total. The molecule has 0 aliphatic rings. The van der Waals surface area contributed by atoms with Gasteiger partial charge in [0.2, 0.25) is 0 Å². The van der Waals surface area contributed by atoms with Gasteiger partial charge in [0.15, 0.2) is 0 Å². The van der Waals surface area contributed by atoms with Crippen molar-refractivity contribution in [2.45, 2.75) is 12.4 Å². The van der Waals surface area contributed by atoms with Crippen molar-refractivity contribution in [3.63, 3.8) is 0 Å². The highest BCUT2D eigenvalue weighted by Gasteiger charge is 2.12. The number of rotatable bonds is 3.